The summed E-state index contributed by atoms with van der Waals surface area (Å²) in [4.78, 5) is 4.22. The number of benzene rings is 1. The molecule has 0 aliphatic heterocycles. The zero-order valence-corrected chi connectivity index (χ0v) is 11.9. The zero-order chi connectivity index (χ0) is 13.7. The Labute approximate surface area is 119 Å². The van der Waals surface area contributed by atoms with Crippen LogP contribution in [0.3, 0.4) is 0 Å². The first-order chi connectivity index (χ1) is 9.15. The maximum atomic E-state index is 5.29. The molecule has 98 valence electrons. The van der Waals surface area contributed by atoms with Crippen molar-refractivity contribution < 1.29 is 0 Å². The van der Waals surface area contributed by atoms with Crippen molar-refractivity contribution in [2.75, 3.05) is 5.32 Å². The second-order valence-corrected chi connectivity index (χ2v) is 4.86. The average Bonchev–Trinajstić information content (AvgIpc) is 2.39. The van der Waals surface area contributed by atoms with Gasteiger partial charge in [0.15, 0.2) is 5.11 Å². The van der Waals surface area contributed by atoms with Gasteiger partial charge in [-0.15, -0.1) is 0 Å². The maximum Gasteiger partial charge on any atom is 0.172 e. The number of rotatable bonds is 3. The molecule has 0 amide bonds. The minimum atomic E-state index is 0.158. The van der Waals surface area contributed by atoms with Crippen LogP contribution in [0.25, 0.3) is 0 Å². The van der Waals surface area contributed by atoms with Crippen LogP contribution >= 0.6 is 12.2 Å². The minimum absolute atomic E-state index is 0.158. The molecule has 2 rings (SSSR count). The van der Waals surface area contributed by atoms with Gasteiger partial charge in [-0.2, -0.15) is 0 Å². The van der Waals surface area contributed by atoms with Crippen molar-refractivity contribution in [3.05, 3.63) is 59.8 Å². The van der Waals surface area contributed by atoms with Crippen LogP contribution in [0.1, 0.15) is 24.1 Å². The first kappa shape index (κ1) is 13.5. The summed E-state index contributed by atoms with van der Waals surface area (Å²) in [6.45, 7) is 4.10. The highest BCUT2D eigenvalue weighted by Gasteiger charge is 2.06. The lowest BCUT2D eigenvalue weighted by molar-refractivity contribution is 0.722. The van der Waals surface area contributed by atoms with E-state index >= 15 is 0 Å². The number of aryl methyl sites for hydroxylation is 1. The topological polar surface area (TPSA) is 37.0 Å². The second kappa shape index (κ2) is 6.29. The number of aromatic nitrogens is 1. The summed E-state index contributed by atoms with van der Waals surface area (Å²) < 4.78 is 0. The molecular formula is C15H17N3S. The van der Waals surface area contributed by atoms with Gasteiger partial charge in [0, 0.05) is 6.20 Å². The highest BCUT2D eigenvalue weighted by atomic mass is 32.1. The Bertz CT molecular complexity index is 554. The fraction of sp³-hybridized carbons (Fsp3) is 0.200. The van der Waals surface area contributed by atoms with Crippen LogP contribution < -0.4 is 10.6 Å². The standard InChI is InChI=1S/C15H17N3S/c1-11-8-9-16-14(10-11)18-15(19)17-12(2)13-6-4-3-5-7-13/h3-10,12H,1-2H3,(H2,16,17,18,19)/t12-/m1/s1. The van der Waals surface area contributed by atoms with E-state index in [0.717, 1.165) is 11.4 Å². The molecule has 2 aromatic rings. The lowest BCUT2D eigenvalue weighted by Crippen LogP contribution is -2.31. The lowest BCUT2D eigenvalue weighted by Gasteiger charge is -2.17. The summed E-state index contributed by atoms with van der Waals surface area (Å²) >= 11 is 5.29. The third-order valence-electron chi connectivity index (χ3n) is 2.80. The largest absolute Gasteiger partial charge is 0.356 e. The Morgan fingerprint density at radius 1 is 1.21 bits per heavy atom. The Balaban J connectivity index is 1.95. The molecule has 4 heteroatoms. The highest BCUT2D eigenvalue weighted by Crippen LogP contribution is 2.12. The fourth-order valence-corrected chi connectivity index (χ4v) is 2.06. The number of thiocarbonyl (C=S) groups is 1. The molecule has 0 aliphatic rings. The van der Waals surface area contributed by atoms with Crippen LogP contribution in [0.5, 0.6) is 0 Å². The number of hydrogen-bond acceptors (Lipinski definition) is 2. The SMILES string of the molecule is Cc1ccnc(NC(=S)N[C@H](C)c2ccccc2)c1. The van der Waals surface area contributed by atoms with Gasteiger partial charge in [-0.3, -0.25) is 0 Å². The monoisotopic (exact) mass is 271 g/mol. The molecule has 0 unspecified atom stereocenters. The molecule has 0 saturated carbocycles. The summed E-state index contributed by atoms with van der Waals surface area (Å²) in [5.74, 6) is 0.762. The third kappa shape index (κ3) is 4.03. The summed E-state index contributed by atoms with van der Waals surface area (Å²) in [5.41, 5.74) is 2.35. The molecular weight excluding hydrogens is 254 g/mol. The third-order valence-corrected chi connectivity index (χ3v) is 3.02. The second-order valence-electron chi connectivity index (χ2n) is 4.45. The van der Waals surface area contributed by atoms with E-state index in [-0.39, 0.29) is 6.04 Å². The summed E-state index contributed by atoms with van der Waals surface area (Å²) in [7, 11) is 0. The van der Waals surface area contributed by atoms with E-state index in [2.05, 4.69) is 34.7 Å². The van der Waals surface area contributed by atoms with Crippen LogP contribution in [0.4, 0.5) is 5.82 Å². The number of hydrogen-bond donors (Lipinski definition) is 2. The number of pyridine rings is 1. The summed E-state index contributed by atoms with van der Waals surface area (Å²) in [6, 6.07) is 14.3. The Morgan fingerprint density at radius 2 is 1.95 bits per heavy atom. The normalized spacial score (nSPS) is 11.7. The van der Waals surface area contributed by atoms with Crippen LogP contribution in [-0.2, 0) is 0 Å². The van der Waals surface area contributed by atoms with Crippen LogP contribution in [0, 0.1) is 6.92 Å². The van der Waals surface area contributed by atoms with Gasteiger partial charge in [-0.25, -0.2) is 4.98 Å². The van der Waals surface area contributed by atoms with Crippen LogP contribution in [0.2, 0.25) is 0 Å². The number of anilines is 1. The van der Waals surface area contributed by atoms with Gasteiger partial charge in [0.05, 0.1) is 6.04 Å². The van der Waals surface area contributed by atoms with E-state index in [0.29, 0.717) is 5.11 Å². The van der Waals surface area contributed by atoms with Crippen molar-refractivity contribution >= 4 is 23.1 Å². The van der Waals surface area contributed by atoms with Gasteiger partial charge < -0.3 is 10.6 Å². The smallest absolute Gasteiger partial charge is 0.172 e. The summed E-state index contributed by atoms with van der Waals surface area (Å²) in [5, 5.41) is 6.92. The fourth-order valence-electron chi connectivity index (χ4n) is 1.78. The van der Waals surface area contributed by atoms with Crippen molar-refractivity contribution in [2.24, 2.45) is 0 Å². The Hall–Kier alpha value is -1.94. The highest BCUT2D eigenvalue weighted by molar-refractivity contribution is 7.80. The van der Waals surface area contributed by atoms with E-state index in [4.69, 9.17) is 12.2 Å². The quantitative estimate of drug-likeness (QED) is 0.839. The first-order valence-electron chi connectivity index (χ1n) is 6.20. The van der Waals surface area contributed by atoms with Crippen molar-refractivity contribution in [2.45, 2.75) is 19.9 Å². The van der Waals surface area contributed by atoms with E-state index in [1.165, 1.54) is 5.56 Å². The molecule has 3 nitrogen and oxygen atoms in total. The molecule has 0 spiro atoms. The predicted molar refractivity (Wildman–Crippen MR) is 83.2 cm³/mol. The van der Waals surface area contributed by atoms with Gasteiger partial charge in [0.25, 0.3) is 0 Å². The molecule has 0 bridgehead atoms. The van der Waals surface area contributed by atoms with Gasteiger partial charge in [-0.1, -0.05) is 30.3 Å². The molecule has 1 aromatic carbocycles. The predicted octanol–water partition coefficient (Wildman–Crippen LogP) is 3.44. The van der Waals surface area contributed by atoms with E-state index < -0.39 is 0 Å². The minimum Gasteiger partial charge on any atom is -0.356 e. The molecule has 0 saturated heterocycles. The number of nitrogens with zero attached hydrogens (tertiary/aromatic N) is 1. The van der Waals surface area contributed by atoms with Crippen LogP contribution in [0.15, 0.2) is 48.7 Å². The van der Waals surface area contributed by atoms with Crippen LogP contribution in [-0.4, -0.2) is 10.1 Å². The van der Waals surface area contributed by atoms with Gasteiger partial charge in [0.1, 0.15) is 5.82 Å². The molecule has 19 heavy (non-hydrogen) atoms. The lowest BCUT2D eigenvalue weighted by atomic mass is 10.1. The molecule has 0 fully saturated rings. The molecule has 0 radical (unpaired) electrons. The van der Waals surface area contributed by atoms with Crippen molar-refractivity contribution in [3.63, 3.8) is 0 Å². The van der Waals surface area contributed by atoms with Crippen molar-refractivity contribution in [3.8, 4) is 0 Å². The van der Waals surface area contributed by atoms with E-state index in [9.17, 15) is 0 Å². The van der Waals surface area contributed by atoms with Gasteiger partial charge in [-0.05, 0) is 49.3 Å². The van der Waals surface area contributed by atoms with E-state index in [1.54, 1.807) is 6.20 Å². The molecule has 1 heterocycles. The molecule has 2 N–H and O–H groups in total. The molecule has 0 aliphatic carbocycles. The van der Waals surface area contributed by atoms with Gasteiger partial charge in [0.2, 0.25) is 0 Å². The van der Waals surface area contributed by atoms with Crippen molar-refractivity contribution in [1.82, 2.24) is 10.3 Å². The molecule has 1 aromatic heterocycles. The number of nitrogens with one attached hydrogen (secondary N) is 2. The average molecular weight is 271 g/mol. The Morgan fingerprint density at radius 3 is 2.63 bits per heavy atom. The zero-order valence-electron chi connectivity index (χ0n) is 11.1. The Kier molecular flexibility index (Phi) is 4.47. The maximum absolute atomic E-state index is 5.29. The van der Waals surface area contributed by atoms with E-state index in [1.807, 2.05) is 37.3 Å². The van der Waals surface area contributed by atoms with Crippen molar-refractivity contribution in [1.29, 1.82) is 0 Å². The molecule has 1 atom stereocenters. The first-order valence-corrected chi connectivity index (χ1v) is 6.61. The van der Waals surface area contributed by atoms with Gasteiger partial charge >= 0.3 is 0 Å². The summed E-state index contributed by atoms with van der Waals surface area (Å²) in [6.07, 6.45) is 1.76.